The van der Waals surface area contributed by atoms with Crippen LogP contribution in [0.3, 0.4) is 0 Å². The topological polar surface area (TPSA) is 67.4 Å². The quantitative estimate of drug-likeness (QED) is 0.310. The number of hydrogen-bond donors (Lipinski definition) is 2. The van der Waals surface area contributed by atoms with Crippen molar-refractivity contribution in [2.24, 2.45) is 17.8 Å². The summed E-state index contributed by atoms with van der Waals surface area (Å²) in [7, 11) is 0. The Balaban J connectivity index is 1.08. The zero-order valence-electron chi connectivity index (χ0n) is 15.2. The van der Waals surface area contributed by atoms with Crippen LogP contribution in [-0.4, -0.2) is 41.7 Å². The van der Waals surface area contributed by atoms with Crippen LogP contribution >= 0.6 is 11.8 Å². The van der Waals surface area contributed by atoms with Crippen molar-refractivity contribution in [3.05, 3.63) is 0 Å². The van der Waals surface area contributed by atoms with Crippen molar-refractivity contribution in [3.8, 4) is 11.8 Å². The lowest BCUT2D eigenvalue weighted by Gasteiger charge is -2.16. The smallest absolute Gasteiger partial charge is 0.315 e. The lowest BCUT2D eigenvalue weighted by molar-refractivity contribution is -0.144. The van der Waals surface area contributed by atoms with Crippen molar-refractivity contribution < 1.29 is 14.3 Å². The molecule has 3 fully saturated rings. The molecule has 0 bridgehead atoms. The molecule has 0 aromatic rings. The van der Waals surface area contributed by atoms with E-state index in [4.69, 9.17) is 4.74 Å². The maximum Gasteiger partial charge on any atom is 0.315 e. The first-order valence-electron chi connectivity index (χ1n) is 10.0. The van der Waals surface area contributed by atoms with E-state index in [0.29, 0.717) is 24.2 Å². The molecule has 2 saturated heterocycles. The second-order valence-electron chi connectivity index (χ2n) is 7.97. The molecule has 2 heterocycles. The lowest BCUT2D eigenvalue weighted by atomic mass is 10.0. The number of unbranched alkanes of at least 4 members (excludes halogenated alkanes) is 1. The SMILES string of the molecule is O=C1N[C@@H]2CSC(CCCCC(=O)OCC3[C@H]4CCC#CCC[C@@H]34)[C@@H]2N1. The molecule has 0 spiro atoms. The van der Waals surface area contributed by atoms with E-state index in [9.17, 15) is 9.59 Å². The van der Waals surface area contributed by atoms with Crippen LogP contribution < -0.4 is 10.6 Å². The van der Waals surface area contributed by atoms with E-state index in [1.165, 1.54) is 12.8 Å². The highest BCUT2D eigenvalue weighted by Crippen LogP contribution is 2.52. The van der Waals surface area contributed by atoms with Crippen LogP contribution in [0.5, 0.6) is 0 Å². The second kappa shape index (κ2) is 8.12. The highest BCUT2D eigenvalue weighted by atomic mass is 32.2. The van der Waals surface area contributed by atoms with Crippen LogP contribution in [0.15, 0.2) is 0 Å². The van der Waals surface area contributed by atoms with Crippen molar-refractivity contribution in [1.82, 2.24) is 10.6 Å². The summed E-state index contributed by atoms with van der Waals surface area (Å²) in [5.74, 6) is 9.42. The molecule has 0 aromatic heterocycles. The van der Waals surface area contributed by atoms with Gasteiger partial charge in [0.05, 0.1) is 18.7 Å². The largest absolute Gasteiger partial charge is 0.465 e. The maximum absolute atomic E-state index is 12.0. The number of amides is 2. The van der Waals surface area contributed by atoms with Gasteiger partial charge in [-0.1, -0.05) is 6.42 Å². The number of ether oxygens (including phenoxy) is 1. The Bertz CT molecular complexity index is 596. The Morgan fingerprint density at radius 3 is 2.69 bits per heavy atom. The number of urea groups is 1. The molecule has 2 aliphatic carbocycles. The number of carbonyl (C=O) groups is 2. The summed E-state index contributed by atoms with van der Waals surface area (Å²) >= 11 is 1.93. The van der Waals surface area contributed by atoms with E-state index in [2.05, 4.69) is 22.5 Å². The molecule has 4 aliphatic rings. The Kier molecular flexibility index (Phi) is 5.63. The number of thioether (sulfide) groups is 1. The van der Waals surface area contributed by atoms with Gasteiger partial charge < -0.3 is 15.4 Å². The van der Waals surface area contributed by atoms with E-state index in [1.54, 1.807) is 0 Å². The summed E-state index contributed by atoms with van der Waals surface area (Å²) in [6.07, 6.45) is 7.80. The lowest BCUT2D eigenvalue weighted by Crippen LogP contribution is -2.36. The standard InChI is InChI=1S/C20H28N2O3S/c23-18(25-11-15-13-7-3-1-2-4-8-14(13)15)10-6-5-9-17-19-16(12-26-17)21-20(24)22-19/h13-17,19H,3-12H2,(H2,21,22,24)/t13-,14+,15?,16-,17?,19-/m1/s1. The van der Waals surface area contributed by atoms with Crippen LogP contribution in [0.1, 0.15) is 51.4 Å². The summed E-state index contributed by atoms with van der Waals surface area (Å²) in [6, 6.07) is 0.505. The van der Waals surface area contributed by atoms with Crippen LogP contribution in [0.25, 0.3) is 0 Å². The van der Waals surface area contributed by atoms with Gasteiger partial charge in [0.2, 0.25) is 0 Å². The maximum atomic E-state index is 12.0. The molecule has 2 N–H and O–H groups in total. The highest BCUT2D eigenvalue weighted by Gasteiger charge is 2.49. The summed E-state index contributed by atoms with van der Waals surface area (Å²) in [5, 5.41) is 6.45. The molecule has 0 radical (unpaired) electrons. The highest BCUT2D eigenvalue weighted by molar-refractivity contribution is 8.00. The van der Waals surface area contributed by atoms with E-state index in [1.807, 2.05) is 11.8 Å². The van der Waals surface area contributed by atoms with Crippen molar-refractivity contribution in [1.29, 1.82) is 0 Å². The summed E-state index contributed by atoms with van der Waals surface area (Å²) in [5.41, 5.74) is 0. The fourth-order valence-corrected chi connectivity index (χ4v) is 6.35. The number of rotatable bonds is 7. The zero-order chi connectivity index (χ0) is 17.9. The van der Waals surface area contributed by atoms with Crippen molar-refractivity contribution in [2.45, 2.75) is 68.7 Å². The van der Waals surface area contributed by atoms with Gasteiger partial charge in [-0.3, -0.25) is 4.79 Å². The fraction of sp³-hybridized carbons (Fsp3) is 0.800. The van der Waals surface area contributed by atoms with Gasteiger partial charge in [-0.25, -0.2) is 4.79 Å². The van der Waals surface area contributed by atoms with Gasteiger partial charge in [-0.05, 0) is 43.4 Å². The van der Waals surface area contributed by atoms with Crippen molar-refractivity contribution in [2.75, 3.05) is 12.4 Å². The second-order valence-corrected chi connectivity index (χ2v) is 9.25. The minimum Gasteiger partial charge on any atom is -0.465 e. The van der Waals surface area contributed by atoms with Gasteiger partial charge in [0, 0.05) is 30.3 Å². The van der Waals surface area contributed by atoms with Gasteiger partial charge in [0.1, 0.15) is 0 Å². The average Bonchev–Trinajstić information content (AvgIpc) is 2.89. The molecular weight excluding hydrogens is 348 g/mol. The van der Waals surface area contributed by atoms with Crippen LogP contribution in [0.4, 0.5) is 4.79 Å². The third-order valence-electron chi connectivity index (χ3n) is 6.33. The fourth-order valence-electron chi connectivity index (χ4n) is 4.80. The average molecular weight is 377 g/mol. The number of esters is 1. The zero-order valence-corrected chi connectivity index (χ0v) is 16.0. The predicted octanol–water partition coefficient (Wildman–Crippen LogP) is 2.70. The number of hydrogen-bond acceptors (Lipinski definition) is 4. The minimum absolute atomic E-state index is 0.0347. The number of nitrogens with one attached hydrogen (secondary N) is 2. The molecule has 0 aromatic carbocycles. The summed E-state index contributed by atoms with van der Waals surface area (Å²) in [4.78, 5) is 23.4. The third kappa shape index (κ3) is 4.14. The summed E-state index contributed by atoms with van der Waals surface area (Å²) in [6.45, 7) is 0.605. The predicted molar refractivity (Wildman–Crippen MR) is 102 cm³/mol. The summed E-state index contributed by atoms with van der Waals surface area (Å²) < 4.78 is 5.54. The molecule has 1 saturated carbocycles. The van der Waals surface area contributed by atoms with Crippen LogP contribution in [-0.2, 0) is 9.53 Å². The van der Waals surface area contributed by atoms with Crippen LogP contribution in [0, 0.1) is 29.6 Å². The third-order valence-corrected chi connectivity index (χ3v) is 7.84. The molecule has 26 heavy (non-hydrogen) atoms. The Morgan fingerprint density at radius 2 is 1.92 bits per heavy atom. The Hall–Kier alpha value is -1.35. The molecule has 6 heteroatoms. The van der Waals surface area contributed by atoms with E-state index >= 15 is 0 Å². The monoisotopic (exact) mass is 376 g/mol. The molecule has 2 amide bonds. The number of fused-ring (bicyclic) bond motifs is 2. The Labute approximate surface area is 159 Å². The van der Waals surface area contributed by atoms with Gasteiger partial charge in [-0.2, -0.15) is 11.8 Å². The molecule has 6 atom stereocenters. The van der Waals surface area contributed by atoms with Crippen LogP contribution in [0.2, 0.25) is 0 Å². The van der Waals surface area contributed by atoms with E-state index in [-0.39, 0.29) is 24.1 Å². The normalized spacial score (nSPS) is 37.2. The molecule has 5 nitrogen and oxygen atoms in total. The minimum atomic E-state index is -0.0479. The van der Waals surface area contributed by atoms with Gasteiger partial charge >= 0.3 is 12.0 Å². The van der Waals surface area contributed by atoms with E-state index < -0.39 is 0 Å². The molecule has 2 aliphatic heterocycles. The van der Waals surface area contributed by atoms with E-state index in [0.717, 1.165) is 49.7 Å². The molecule has 142 valence electrons. The molecule has 4 rings (SSSR count). The first kappa shape index (κ1) is 18.0. The van der Waals surface area contributed by atoms with Gasteiger partial charge in [0.25, 0.3) is 0 Å². The number of carbonyl (C=O) groups excluding carboxylic acids is 2. The first-order valence-corrected chi connectivity index (χ1v) is 11.1. The van der Waals surface area contributed by atoms with Gasteiger partial charge in [0.15, 0.2) is 0 Å². The first-order chi connectivity index (χ1) is 12.7. The Morgan fingerprint density at radius 1 is 1.15 bits per heavy atom. The molecule has 2 unspecified atom stereocenters. The molecular formula is C20H28N2O3S. The van der Waals surface area contributed by atoms with Crippen molar-refractivity contribution in [3.63, 3.8) is 0 Å². The van der Waals surface area contributed by atoms with Crippen molar-refractivity contribution >= 4 is 23.8 Å². The van der Waals surface area contributed by atoms with Gasteiger partial charge in [-0.15, -0.1) is 11.8 Å².